The van der Waals surface area contributed by atoms with E-state index in [1.54, 1.807) is 18.0 Å². The molecular weight excluding hydrogens is 266 g/mol. The van der Waals surface area contributed by atoms with Crippen molar-refractivity contribution in [3.05, 3.63) is 53.7 Å². The fraction of sp³-hybridized carbons (Fsp3) is 0.312. The molecule has 0 saturated carbocycles. The highest BCUT2D eigenvalue weighted by atomic mass is 32.2. The average molecular weight is 287 g/mol. The number of nitrogens with one attached hydrogen (secondary N) is 1. The second-order valence-electron chi connectivity index (χ2n) is 4.64. The van der Waals surface area contributed by atoms with Crippen LogP contribution in [0.2, 0.25) is 0 Å². The van der Waals surface area contributed by atoms with Crippen molar-refractivity contribution in [3.63, 3.8) is 0 Å². The van der Waals surface area contributed by atoms with E-state index in [4.69, 9.17) is 5.73 Å². The predicted octanol–water partition coefficient (Wildman–Crippen LogP) is 3.28. The molecule has 1 aromatic carbocycles. The van der Waals surface area contributed by atoms with Gasteiger partial charge < -0.3 is 11.1 Å². The minimum atomic E-state index is 0.266. The molecule has 106 valence electrons. The standard InChI is InChI=1S/C16H21N3S/c1-3-18-15(11-13-5-4-10-19-16(13)17)12-6-8-14(20-2)9-7-12/h4-10,15,18H,3,11H2,1-2H3,(H2,17,19). The molecule has 20 heavy (non-hydrogen) atoms. The Balaban J connectivity index is 2.19. The number of hydrogen-bond acceptors (Lipinski definition) is 4. The third-order valence-electron chi connectivity index (χ3n) is 3.32. The lowest BCUT2D eigenvalue weighted by atomic mass is 9.99. The van der Waals surface area contributed by atoms with E-state index in [1.807, 2.05) is 12.1 Å². The molecule has 0 saturated heterocycles. The molecule has 0 aliphatic carbocycles. The Labute approximate surface area is 125 Å². The first kappa shape index (κ1) is 14.9. The molecule has 0 aliphatic rings. The van der Waals surface area contributed by atoms with Gasteiger partial charge in [-0.2, -0.15) is 0 Å². The molecule has 3 N–H and O–H groups in total. The van der Waals surface area contributed by atoms with Crippen molar-refractivity contribution in [2.75, 3.05) is 18.5 Å². The van der Waals surface area contributed by atoms with Gasteiger partial charge in [-0.3, -0.25) is 0 Å². The van der Waals surface area contributed by atoms with Crippen LogP contribution in [0.15, 0.2) is 47.5 Å². The van der Waals surface area contributed by atoms with Gasteiger partial charge in [0.25, 0.3) is 0 Å². The number of likely N-dealkylation sites (N-methyl/N-ethyl adjacent to an activating group) is 1. The largest absolute Gasteiger partial charge is 0.383 e. The van der Waals surface area contributed by atoms with Crippen LogP contribution in [0.3, 0.4) is 0 Å². The summed E-state index contributed by atoms with van der Waals surface area (Å²) in [5.74, 6) is 0.621. The summed E-state index contributed by atoms with van der Waals surface area (Å²) in [4.78, 5) is 5.44. The van der Waals surface area contributed by atoms with Gasteiger partial charge in [0.05, 0.1) is 0 Å². The molecule has 0 fully saturated rings. The highest BCUT2D eigenvalue weighted by Crippen LogP contribution is 2.23. The fourth-order valence-electron chi connectivity index (χ4n) is 2.23. The summed E-state index contributed by atoms with van der Waals surface area (Å²) in [6.45, 7) is 3.05. The molecule has 0 amide bonds. The number of nitrogen functional groups attached to an aromatic ring is 1. The van der Waals surface area contributed by atoms with E-state index >= 15 is 0 Å². The fourth-order valence-corrected chi connectivity index (χ4v) is 2.64. The van der Waals surface area contributed by atoms with Crippen molar-refractivity contribution in [1.82, 2.24) is 10.3 Å². The van der Waals surface area contributed by atoms with Crippen molar-refractivity contribution in [2.45, 2.75) is 24.3 Å². The SMILES string of the molecule is CCNC(Cc1cccnc1N)c1ccc(SC)cc1. The highest BCUT2D eigenvalue weighted by Gasteiger charge is 2.13. The number of thioether (sulfide) groups is 1. The lowest BCUT2D eigenvalue weighted by Gasteiger charge is -2.19. The molecular formula is C16H21N3S. The predicted molar refractivity (Wildman–Crippen MR) is 87.0 cm³/mol. The Kier molecular flexibility index (Phi) is 5.44. The average Bonchev–Trinajstić information content (AvgIpc) is 2.49. The number of hydrogen-bond donors (Lipinski definition) is 2. The smallest absolute Gasteiger partial charge is 0.126 e. The number of nitrogens with two attached hydrogens (primary N) is 1. The summed E-state index contributed by atoms with van der Waals surface area (Å²) in [6.07, 6.45) is 4.67. The molecule has 3 nitrogen and oxygen atoms in total. The van der Waals surface area contributed by atoms with Crippen LogP contribution < -0.4 is 11.1 Å². The quantitative estimate of drug-likeness (QED) is 0.801. The van der Waals surface area contributed by atoms with Gasteiger partial charge in [-0.1, -0.05) is 25.1 Å². The Morgan fingerprint density at radius 1 is 1.25 bits per heavy atom. The van der Waals surface area contributed by atoms with E-state index in [0.29, 0.717) is 5.82 Å². The van der Waals surface area contributed by atoms with Crippen LogP contribution in [0.1, 0.15) is 24.1 Å². The van der Waals surface area contributed by atoms with Crippen LogP contribution in [-0.4, -0.2) is 17.8 Å². The van der Waals surface area contributed by atoms with Crippen LogP contribution in [0.25, 0.3) is 0 Å². The topological polar surface area (TPSA) is 50.9 Å². The molecule has 0 radical (unpaired) electrons. The number of nitrogens with zero attached hydrogens (tertiary/aromatic N) is 1. The normalized spacial score (nSPS) is 12.3. The first-order chi connectivity index (χ1) is 9.74. The van der Waals surface area contributed by atoms with Gasteiger partial charge >= 0.3 is 0 Å². The number of benzene rings is 1. The maximum absolute atomic E-state index is 5.95. The second kappa shape index (κ2) is 7.31. The zero-order chi connectivity index (χ0) is 14.4. The summed E-state index contributed by atoms with van der Waals surface area (Å²) in [6, 6.07) is 12.9. The van der Waals surface area contributed by atoms with Gasteiger partial charge in [0.15, 0.2) is 0 Å². The zero-order valence-corrected chi connectivity index (χ0v) is 12.8. The van der Waals surface area contributed by atoms with E-state index in [2.05, 4.69) is 47.7 Å². The lowest BCUT2D eigenvalue weighted by Crippen LogP contribution is -2.23. The van der Waals surface area contributed by atoms with Gasteiger partial charge in [-0.25, -0.2) is 4.98 Å². The maximum atomic E-state index is 5.95. The van der Waals surface area contributed by atoms with Gasteiger partial charge in [0.2, 0.25) is 0 Å². The second-order valence-corrected chi connectivity index (χ2v) is 5.51. The van der Waals surface area contributed by atoms with Crippen LogP contribution >= 0.6 is 11.8 Å². The molecule has 1 atom stereocenters. The van der Waals surface area contributed by atoms with Crippen LogP contribution in [0.4, 0.5) is 5.82 Å². The number of pyridine rings is 1. The first-order valence-electron chi connectivity index (χ1n) is 6.81. The molecule has 0 aliphatic heterocycles. The molecule has 0 spiro atoms. The van der Waals surface area contributed by atoms with Gasteiger partial charge in [0.1, 0.15) is 5.82 Å². The van der Waals surface area contributed by atoms with Crippen molar-refractivity contribution >= 4 is 17.6 Å². The summed E-state index contributed by atoms with van der Waals surface area (Å²) in [5, 5.41) is 3.52. The van der Waals surface area contributed by atoms with Crippen molar-refractivity contribution < 1.29 is 0 Å². The van der Waals surface area contributed by atoms with E-state index in [1.165, 1.54) is 10.5 Å². The summed E-state index contributed by atoms with van der Waals surface area (Å²) in [5.41, 5.74) is 8.32. The molecule has 2 aromatic rings. The molecule has 1 heterocycles. The van der Waals surface area contributed by atoms with Gasteiger partial charge in [-0.15, -0.1) is 11.8 Å². The molecule has 2 rings (SSSR count). The summed E-state index contributed by atoms with van der Waals surface area (Å²) >= 11 is 1.76. The van der Waals surface area contributed by atoms with Crippen LogP contribution in [-0.2, 0) is 6.42 Å². The zero-order valence-electron chi connectivity index (χ0n) is 12.0. The first-order valence-corrected chi connectivity index (χ1v) is 8.03. The molecule has 1 aromatic heterocycles. The third-order valence-corrected chi connectivity index (χ3v) is 4.06. The minimum absolute atomic E-state index is 0.266. The van der Waals surface area contributed by atoms with Gasteiger partial charge in [0, 0.05) is 17.1 Å². The maximum Gasteiger partial charge on any atom is 0.126 e. The Morgan fingerprint density at radius 3 is 2.60 bits per heavy atom. The van der Waals surface area contributed by atoms with E-state index < -0.39 is 0 Å². The summed E-state index contributed by atoms with van der Waals surface area (Å²) in [7, 11) is 0. The number of anilines is 1. The Hall–Kier alpha value is -1.52. The molecule has 0 bridgehead atoms. The third kappa shape index (κ3) is 3.74. The molecule has 4 heteroatoms. The molecule has 1 unspecified atom stereocenters. The number of aromatic nitrogens is 1. The van der Waals surface area contributed by atoms with Crippen LogP contribution in [0.5, 0.6) is 0 Å². The minimum Gasteiger partial charge on any atom is -0.383 e. The number of rotatable bonds is 6. The van der Waals surface area contributed by atoms with Crippen LogP contribution in [0, 0.1) is 0 Å². The monoisotopic (exact) mass is 287 g/mol. The van der Waals surface area contributed by atoms with E-state index in [9.17, 15) is 0 Å². The van der Waals surface area contributed by atoms with Gasteiger partial charge in [-0.05, 0) is 48.5 Å². The van der Waals surface area contributed by atoms with E-state index in [-0.39, 0.29) is 6.04 Å². The Morgan fingerprint density at radius 2 is 2.00 bits per heavy atom. The van der Waals surface area contributed by atoms with E-state index in [0.717, 1.165) is 18.5 Å². The van der Waals surface area contributed by atoms with Crippen molar-refractivity contribution in [1.29, 1.82) is 0 Å². The van der Waals surface area contributed by atoms with Crippen molar-refractivity contribution in [2.24, 2.45) is 0 Å². The lowest BCUT2D eigenvalue weighted by molar-refractivity contribution is 0.549. The Bertz CT molecular complexity index is 540. The summed E-state index contributed by atoms with van der Waals surface area (Å²) < 4.78 is 0. The highest BCUT2D eigenvalue weighted by molar-refractivity contribution is 7.98. The van der Waals surface area contributed by atoms with Crippen molar-refractivity contribution in [3.8, 4) is 0 Å².